The summed E-state index contributed by atoms with van der Waals surface area (Å²) in [4.78, 5) is 22.3. The van der Waals surface area contributed by atoms with E-state index in [2.05, 4.69) is 15.5 Å². The molecule has 0 saturated heterocycles. The second-order valence-electron chi connectivity index (χ2n) is 4.90. The molecule has 9 heteroatoms. The molecule has 1 unspecified atom stereocenters. The van der Waals surface area contributed by atoms with Crippen molar-refractivity contribution in [2.24, 2.45) is 0 Å². The molecule has 22 heavy (non-hydrogen) atoms. The average molecular weight is 306 g/mol. The maximum Gasteiger partial charge on any atom is 0.390 e. The SMILES string of the molecule is CCn1ccc(CNC(=O)C(C)n2nc([N+](=O)[O-])cc2C)n1. The van der Waals surface area contributed by atoms with Crippen LogP contribution >= 0.6 is 0 Å². The number of carbonyl (C=O) groups is 1. The Kier molecular flexibility index (Phi) is 4.54. The molecule has 0 saturated carbocycles. The lowest BCUT2D eigenvalue weighted by Gasteiger charge is -2.10. The van der Waals surface area contributed by atoms with Gasteiger partial charge in [-0.15, -0.1) is 0 Å². The van der Waals surface area contributed by atoms with Gasteiger partial charge in [-0.05, 0) is 31.8 Å². The first-order valence-corrected chi connectivity index (χ1v) is 6.93. The van der Waals surface area contributed by atoms with E-state index in [1.165, 1.54) is 10.7 Å². The minimum absolute atomic E-state index is 0.265. The smallest absolute Gasteiger partial charge is 0.358 e. The molecule has 0 fully saturated rings. The van der Waals surface area contributed by atoms with Crippen LogP contribution in [0.25, 0.3) is 0 Å². The maximum absolute atomic E-state index is 12.1. The standard InChI is InChI=1S/C13H18N6O3/c1-4-17-6-5-11(15-17)8-14-13(20)10(3)18-9(2)7-12(16-18)19(21)22/h5-7,10H,4,8H2,1-3H3,(H,14,20). The van der Waals surface area contributed by atoms with Crippen LogP contribution in [0.2, 0.25) is 0 Å². The second-order valence-corrected chi connectivity index (χ2v) is 4.90. The fourth-order valence-electron chi connectivity index (χ4n) is 2.06. The Hall–Kier alpha value is -2.71. The van der Waals surface area contributed by atoms with Gasteiger partial charge in [0.1, 0.15) is 6.04 Å². The molecule has 0 spiro atoms. The van der Waals surface area contributed by atoms with Crippen molar-refractivity contribution in [2.75, 3.05) is 0 Å². The summed E-state index contributed by atoms with van der Waals surface area (Å²) in [6, 6.07) is 2.53. The topological polar surface area (TPSA) is 108 Å². The summed E-state index contributed by atoms with van der Waals surface area (Å²) in [5.74, 6) is -0.536. The molecular weight excluding hydrogens is 288 g/mol. The molecule has 118 valence electrons. The lowest BCUT2D eigenvalue weighted by atomic mass is 10.3. The van der Waals surface area contributed by atoms with E-state index < -0.39 is 11.0 Å². The van der Waals surface area contributed by atoms with E-state index >= 15 is 0 Å². The van der Waals surface area contributed by atoms with E-state index in [1.807, 2.05) is 19.2 Å². The van der Waals surface area contributed by atoms with Crippen LogP contribution in [-0.4, -0.2) is 30.4 Å². The summed E-state index contributed by atoms with van der Waals surface area (Å²) < 4.78 is 3.12. The zero-order chi connectivity index (χ0) is 16.3. The molecule has 0 aromatic carbocycles. The fraction of sp³-hybridized carbons (Fsp3) is 0.462. The quantitative estimate of drug-likeness (QED) is 0.637. The van der Waals surface area contributed by atoms with E-state index in [-0.39, 0.29) is 11.7 Å². The van der Waals surface area contributed by atoms with Crippen molar-refractivity contribution in [1.29, 1.82) is 0 Å². The Morgan fingerprint density at radius 2 is 2.23 bits per heavy atom. The predicted molar refractivity (Wildman–Crippen MR) is 78.1 cm³/mol. The molecule has 2 aromatic heterocycles. The summed E-state index contributed by atoms with van der Waals surface area (Å²) in [6.07, 6.45) is 1.84. The lowest BCUT2D eigenvalue weighted by Crippen LogP contribution is -2.31. The predicted octanol–water partition coefficient (Wildman–Crippen LogP) is 1.19. The van der Waals surface area contributed by atoms with Gasteiger partial charge in [0.15, 0.2) is 0 Å². The van der Waals surface area contributed by atoms with Gasteiger partial charge in [0, 0.05) is 12.7 Å². The zero-order valence-corrected chi connectivity index (χ0v) is 12.7. The van der Waals surface area contributed by atoms with Crippen molar-refractivity contribution in [1.82, 2.24) is 24.9 Å². The molecule has 0 aliphatic heterocycles. The summed E-state index contributed by atoms with van der Waals surface area (Å²) in [7, 11) is 0. The van der Waals surface area contributed by atoms with Gasteiger partial charge in [0.25, 0.3) is 0 Å². The summed E-state index contributed by atoms with van der Waals surface area (Å²) in [5, 5.41) is 21.6. The minimum atomic E-state index is -0.637. The highest BCUT2D eigenvalue weighted by Crippen LogP contribution is 2.16. The van der Waals surface area contributed by atoms with Gasteiger partial charge in [-0.3, -0.25) is 9.48 Å². The van der Waals surface area contributed by atoms with Crippen molar-refractivity contribution in [2.45, 2.75) is 39.9 Å². The maximum atomic E-state index is 12.1. The van der Waals surface area contributed by atoms with Crippen LogP contribution in [-0.2, 0) is 17.9 Å². The normalized spacial score (nSPS) is 12.1. The molecular formula is C13H18N6O3. The Balaban J connectivity index is 2.01. The first kappa shape index (κ1) is 15.7. The molecule has 0 bridgehead atoms. The van der Waals surface area contributed by atoms with Crippen LogP contribution in [0.15, 0.2) is 18.3 Å². The summed E-state index contributed by atoms with van der Waals surface area (Å²) in [5.41, 5.74) is 1.31. The Bertz CT molecular complexity index is 690. The molecule has 2 aromatic rings. The lowest BCUT2D eigenvalue weighted by molar-refractivity contribution is -0.389. The molecule has 2 heterocycles. The first-order chi connectivity index (χ1) is 10.4. The molecule has 1 atom stereocenters. The van der Waals surface area contributed by atoms with Crippen LogP contribution in [0.4, 0.5) is 5.82 Å². The van der Waals surface area contributed by atoms with Gasteiger partial charge in [-0.1, -0.05) is 0 Å². The number of nitrogens with one attached hydrogen (secondary N) is 1. The molecule has 2 rings (SSSR count). The van der Waals surface area contributed by atoms with Crippen molar-refractivity contribution in [3.05, 3.63) is 39.8 Å². The minimum Gasteiger partial charge on any atom is -0.358 e. The number of aryl methyl sites for hydroxylation is 2. The van der Waals surface area contributed by atoms with E-state index in [0.29, 0.717) is 12.2 Å². The number of aromatic nitrogens is 4. The third-order valence-electron chi connectivity index (χ3n) is 3.31. The number of nitrogens with zero attached hydrogens (tertiary/aromatic N) is 5. The van der Waals surface area contributed by atoms with Crippen molar-refractivity contribution in [3.8, 4) is 0 Å². The van der Waals surface area contributed by atoms with Crippen LogP contribution in [0.3, 0.4) is 0 Å². The van der Waals surface area contributed by atoms with Crippen molar-refractivity contribution in [3.63, 3.8) is 0 Å². The van der Waals surface area contributed by atoms with E-state index in [0.717, 1.165) is 12.2 Å². The zero-order valence-electron chi connectivity index (χ0n) is 12.7. The van der Waals surface area contributed by atoms with Crippen LogP contribution < -0.4 is 5.32 Å². The van der Waals surface area contributed by atoms with Crippen LogP contribution in [0, 0.1) is 17.0 Å². The fourth-order valence-corrected chi connectivity index (χ4v) is 2.06. The largest absolute Gasteiger partial charge is 0.390 e. The summed E-state index contributed by atoms with van der Waals surface area (Å²) in [6.45, 7) is 6.36. The highest BCUT2D eigenvalue weighted by Gasteiger charge is 2.24. The third kappa shape index (κ3) is 3.30. The number of amides is 1. The summed E-state index contributed by atoms with van der Waals surface area (Å²) >= 11 is 0. The second kappa shape index (κ2) is 6.37. The highest BCUT2D eigenvalue weighted by atomic mass is 16.6. The number of carbonyl (C=O) groups excluding carboxylic acids is 1. The molecule has 0 aliphatic rings. The monoisotopic (exact) mass is 306 g/mol. The van der Waals surface area contributed by atoms with Crippen LogP contribution in [0.5, 0.6) is 0 Å². The van der Waals surface area contributed by atoms with Gasteiger partial charge in [0.2, 0.25) is 5.91 Å². The Morgan fingerprint density at radius 3 is 2.77 bits per heavy atom. The van der Waals surface area contributed by atoms with Gasteiger partial charge >= 0.3 is 5.82 Å². The van der Waals surface area contributed by atoms with E-state index in [4.69, 9.17) is 0 Å². The molecule has 9 nitrogen and oxygen atoms in total. The van der Waals surface area contributed by atoms with E-state index in [9.17, 15) is 14.9 Å². The highest BCUT2D eigenvalue weighted by molar-refractivity contribution is 5.79. The Morgan fingerprint density at radius 1 is 1.50 bits per heavy atom. The van der Waals surface area contributed by atoms with Crippen molar-refractivity contribution >= 4 is 11.7 Å². The van der Waals surface area contributed by atoms with Gasteiger partial charge in [0.05, 0.1) is 29.1 Å². The first-order valence-electron chi connectivity index (χ1n) is 6.93. The molecule has 0 aliphatic carbocycles. The molecule has 1 amide bonds. The van der Waals surface area contributed by atoms with Gasteiger partial charge in [-0.25, -0.2) is 0 Å². The average Bonchev–Trinajstić information content (AvgIpc) is 3.10. The number of rotatable bonds is 6. The van der Waals surface area contributed by atoms with Crippen molar-refractivity contribution < 1.29 is 9.72 Å². The Labute approximate surface area is 127 Å². The number of hydrogen-bond acceptors (Lipinski definition) is 5. The van der Waals surface area contributed by atoms with E-state index in [1.54, 1.807) is 18.5 Å². The molecule has 0 radical (unpaired) electrons. The van der Waals surface area contributed by atoms with Gasteiger partial charge in [-0.2, -0.15) is 9.78 Å². The number of hydrogen-bond donors (Lipinski definition) is 1. The number of nitro groups is 1. The third-order valence-corrected chi connectivity index (χ3v) is 3.31. The van der Waals surface area contributed by atoms with Crippen LogP contribution in [0.1, 0.15) is 31.3 Å². The van der Waals surface area contributed by atoms with Gasteiger partial charge < -0.3 is 15.4 Å². The molecule has 1 N–H and O–H groups in total.